The van der Waals surface area contributed by atoms with Gasteiger partial charge in [0.1, 0.15) is 62.5 Å². The maximum Gasteiger partial charge on any atom is 0.410 e. The minimum Gasteiger partial charge on any atom is -0.463 e. The van der Waals surface area contributed by atoms with E-state index in [1.54, 1.807) is 91.6 Å². The third-order valence-corrected chi connectivity index (χ3v) is 20.8. The molecule has 12 atom stereocenters. The van der Waals surface area contributed by atoms with Crippen LogP contribution in [0.3, 0.4) is 0 Å². The molecule has 14 amide bonds. The first-order chi connectivity index (χ1) is 51.7. The molecule has 3 heterocycles. The quantitative estimate of drug-likeness (QED) is 0.0202. The number of likely N-dealkylation sites (N-methyl/N-ethyl adjacent to an activating group) is 2. The van der Waals surface area contributed by atoms with Gasteiger partial charge in [-0.3, -0.25) is 77.0 Å². The lowest BCUT2D eigenvalue weighted by atomic mass is 9.89. The van der Waals surface area contributed by atoms with Crippen molar-refractivity contribution in [3.05, 3.63) is 86.8 Å². The van der Waals surface area contributed by atoms with Crippen molar-refractivity contribution in [3.8, 4) is 0 Å². The number of primary amides is 1. The van der Waals surface area contributed by atoms with Gasteiger partial charge in [0.15, 0.2) is 0 Å². The number of hydrogen-bond donors (Lipinski definition) is 8. The van der Waals surface area contributed by atoms with E-state index in [2.05, 4.69) is 63.8 Å². The van der Waals surface area contributed by atoms with Crippen LogP contribution in [0, 0.1) is 35.0 Å². The fourth-order valence-corrected chi connectivity index (χ4v) is 13.8. The van der Waals surface area contributed by atoms with Crippen molar-refractivity contribution in [1.29, 1.82) is 0 Å². The highest BCUT2D eigenvalue weighted by Crippen LogP contribution is 2.32. The molecule has 1 fully saturated rings. The SMILES string of the molecule is CCC(C)[C@@H](C(CC(=O)N1CCC[C@H]1[C@H](OC)[C@@H](C)C(=O)N[C@H](C)[C@@H](O)c1ccccc1)OC)N(C)C(=O)[C@@H](NC(=O)[C@H](C(C)C)N(C)C(=O)OCc1ccc(NC(=O)[C@H](CCCNC(N)=O)NC(=O)[C@@H](NC(=O)C(C)(COC(=O)CN2C(=O)C=C(Br)C2=O)COC(=O)CN2C(=O)C=C(Br)C2=O)C(C)C)cc1)C(C)C. The van der Waals surface area contributed by atoms with Crippen LogP contribution >= 0.6 is 31.9 Å². The number of nitrogens with zero attached hydrogens (tertiary/aromatic N) is 5. The molecule has 0 bridgehead atoms. The highest BCUT2D eigenvalue weighted by Gasteiger charge is 2.46. The Morgan fingerprint density at radius 2 is 1.25 bits per heavy atom. The summed E-state index contributed by atoms with van der Waals surface area (Å²) in [7, 11) is 5.97. The average molecular weight is 1670 g/mol. The Labute approximate surface area is 657 Å². The molecule has 5 rings (SSSR count). The van der Waals surface area contributed by atoms with E-state index in [4.69, 9.17) is 29.4 Å². The molecule has 1 saturated heterocycles. The number of carbonyl (C=O) groups is 15. The number of imide groups is 2. The maximum atomic E-state index is 14.9. The number of likely N-dealkylation sites (tertiary alicyclic amines) is 1. The number of halogens is 2. The predicted molar refractivity (Wildman–Crippen MR) is 407 cm³/mol. The van der Waals surface area contributed by atoms with Crippen LogP contribution < -0.4 is 37.6 Å². The van der Waals surface area contributed by atoms with Gasteiger partial charge in [0, 0.05) is 59.2 Å². The Morgan fingerprint density at radius 1 is 0.682 bits per heavy atom. The fourth-order valence-electron chi connectivity index (χ4n) is 13.0. The molecule has 3 aliphatic heterocycles. The van der Waals surface area contributed by atoms with Crippen molar-refractivity contribution in [2.24, 2.45) is 40.7 Å². The van der Waals surface area contributed by atoms with Crippen LogP contribution in [0.2, 0.25) is 0 Å². The van der Waals surface area contributed by atoms with Gasteiger partial charge in [0.2, 0.25) is 41.4 Å². The Hall–Kier alpha value is -9.19. The van der Waals surface area contributed by atoms with E-state index in [1.165, 1.54) is 57.4 Å². The summed E-state index contributed by atoms with van der Waals surface area (Å²) >= 11 is 5.86. The van der Waals surface area contributed by atoms with Gasteiger partial charge in [-0.2, -0.15) is 0 Å². The minimum atomic E-state index is -2.06. The predicted octanol–water partition coefficient (Wildman–Crippen LogP) is 3.98. The summed E-state index contributed by atoms with van der Waals surface area (Å²) in [6.45, 7) is 15.2. The molecule has 9 N–H and O–H groups in total. The van der Waals surface area contributed by atoms with Crippen LogP contribution in [0.4, 0.5) is 15.3 Å². The lowest BCUT2D eigenvalue weighted by Gasteiger charge is -2.41. The van der Waals surface area contributed by atoms with Gasteiger partial charge in [-0.05, 0) is 118 Å². The number of nitrogens with two attached hydrogens (primary N) is 1. The molecule has 2 aromatic carbocycles. The van der Waals surface area contributed by atoms with Crippen molar-refractivity contribution in [3.63, 3.8) is 0 Å². The van der Waals surface area contributed by atoms with E-state index in [1.807, 2.05) is 19.9 Å². The summed E-state index contributed by atoms with van der Waals surface area (Å²) in [5.41, 5.74) is 4.52. The number of hydrogen-bond acceptors (Lipinski definition) is 21. The number of benzene rings is 2. The number of esters is 2. The van der Waals surface area contributed by atoms with E-state index in [0.29, 0.717) is 46.7 Å². The fraction of sp³-hybridized carbons (Fsp3) is 0.587. The summed E-state index contributed by atoms with van der Waals surface area (Å²) in [5.74, 6) is -12.7. The molecule has 35 heteroatoms. The van der Waals surface area contributed by atoms with Crippen LogP contribution in [0.25, 0.3) is 0 Å². The number of methoxy groups -OCH3 is 2. The van der Waals surface area contributed by atoms with Crippen LogP contribution in [-0.4, -0.2) is 241 Å². The first-order valence-electron chi connectivity index (χ1n) is 36.4. The van der Waals surface area contributed by atoms with Gasteiger partial charge in [0.05, 0.1) is 57.7 Å². The van der Waals surface area contributed by atoms with Crippen LogP contribution in [0.1, 0.15) is 132 Å². The number of rotatable bonds is 41. The first kappa shape index (κ1) is 91.4. The number of anilines is 1. The molecule has 606 valence electrons. The second-order valence-electron chi connectivity index (χ2n) is 29.0. The lowest BCUT2D eigenvalue weighted by molar-refractivity contribution is -0.163. The molecule has 3 aliphatic rings. The number of carbonyl (C=O) groups excluding carboxylic acids is 15. The van der Waals surface area contributed by atoms with Crippen LogP contribution in [0.15, 0.2) is 75.7 Å². The Bertz CT molecular complexity index is 3660. The standard InChI is InChI=1S/C75H106Br2N12O21/c1-16-43(8)62(53(106-14)34-56(92)87-31-21-25-52(87)64(107-15)44(9)65(96)80-45(10)63(95)47-22-18-17-19-23-47)85(12)71(102)60(41(4)5)83-68(99)61(42(6)7)86(13)74(105)108-37-46-26-28-48(29-27-46)81-66(97)51(24-20-30-79-73(78)104)82-67(98)59(40(2)3)84-72(103)75(11,38-109-57(93)35-88-54(90)32-49(76)69(88)100)39-110-58(94)36-89-55(91)33-50(77)70(89)101/h17-19,22-23,26-29,32-33,40-45,51-53,59-64,95H,16,20-21,24-25,30-31,34-39H2,1-15H3,(H,80,96)(H,81,97)(H,82,98)(H,83,99)(H,84,103)(H3,78,79,104)/t43?,44-,45-,51+,52+,53?,59+,60+,61+,62+,63-,64-/m1/s1. The molecule has 2 unspecified atom stereocenters. The summed E-state index contributed by atoms with van der Waals surface area (Å²) in [4.78, 5) is 207. The van der Waals surface area contributed by atoms with E-state index in [0.717, 1.165) is 17.1 Å². The van der Waals surface area contributed by atoms with Crippen molar-refractivity contribution >= 4 is 127 Å². The van der Waals surface area contributed by atoms with Crippen molar-refractivity contribution in [2.45, 2.75) is 182 Å². The Morgan fingerprint density at radius 3 is 1.74 bits per heavy atom. The number of urea groups is 1. The van der Waals surface area contributed by atoms with Gasteiger partial charge in [-0.25, -0.2) is 9.59 Å². The number of aliphatic hydroxyl groups is 1. The monoisotopic (exact) mass is 1670 g/mol. The van der Waals surface area contributed by atoms with Gasteiger partial charge >= 0.3 is 24.1 Å². The summed E-state index contributed by atoms with van der Waals surface area (Å²) in [5, 5.41) is 27.2. The largest absolute Gasteiger partial charge is 0.463 e. The zero-order valence-corrected chi connectivity index (χ0v) is 68.1. The van der Waals surface area contributed by atoms with E-state index in [-0.39, 0.29) is 64.8 Å². The molecule has 33 nitrogen and oxygen atoms in total. The van der Waals surface area contributed by atoms with Crippen LogP contribution in [0.5, 0.6) is 0 Å². The zero-order chi connectivity index (χ0) is 82.3. The molecule has 2 aromatic rings. The minimum absolute atomic E-state index is 0.0206. The van der Waals surface area contributed by atoms with E-state index >= 15 is 0 Å². The zero-order valence-electron chi connectivity index (χ0n) is 64.9. The third kappa shape index (κ3) is 24.9. The molecule has 0 aromatic heterocycles. The van der Waals surface area contributed by atoms with Gasteiger partial charge in [-0.15, -0.1) is 0 Å². The number of aliphatic hydroxyl groups excluding tert-OH is 1. The first-order valence-corrected chi connectivity index (χ1v) is 38.0. The number of ether oxygens (including phenoxy) is 5. The molecular formula is C75H106Br2N12O21. The summed E-state index contributed by atoms with van der Waals surface area (Å²) in [6, 6.07) is 7.35. The third-order valence-electron chi connectivity index (χ3n) is 19.7. The summed E-state index contributed by atoms with van der Waals surface area (Å²) < 4.78 is 28.2. The van der Waals surface area contributed by atoms with Crippen molar-refractivity contribution in [2.75, 3.05) is 73.0 Å². The topological polar surface area (TPSA) is 437 Å². The maximum absolute atomic E-state index is 14.9. The number of amides is 14. The van der Waals surface area contributed by atoms with Crippen molar-refractivity contribution in [1.82, 2.24) is 51.1 Å². The van der Waals surface area contributed by atoms with E-state index in [9.17, 15) is 77.0 Å². The second kappa shape index (κ2) is 42.3. The second-order valence-corrected chi connectivity index (χ2v) is 30.7. The summed E-state index contributed by atoms with van der Waals surface area (Å²) in [6.07, 6.45) is 0.192. The highest BCUT2D eigenvalue weighted by molar-refractivity contribution is 9.12. The van der Waals surface area contributed by atoms with E-state index < -0.39 is 193 Å². The smallest absolute Gasteiger partial charge is 0.410 e. The molecule has 0 saturated carbocycles. The Kier molecular flexibility index (Phi) is 35.1. The molecule has 0 spiro atoms. The molecule has 0 aliphatic carbocycles. The normalized spacial score (nSPS) is 17.5. The molecule has 110 heavy (non-hydrogen) atoms. The van der Waals surface area contributed by atoms with Gasteiger partial charge in [0.25, 0.3) is 23.6 Å². The molecule has 0 radical (unpaired) electrons. The van der Waals surface area contributed by atoms with Crippen LogP contribution in [-0.2, 0) is 92.6 Å². The molecular weight excluding hydrogens is 1560 g/mol. The van der Waals surface area contributed by atoms with Gasteiger partial charge < -0.3 is 76.2 Å². The number of nitrogens with one attached hydrogen (secondary N) is 6. The highest BCUT2D eigenvalue weighted by atomic mass is 79.9. The van der Waals surface area contributed by atoms with Crippen molar-refractivity contribution < 1.29 is 101 Å². The van der Waals surface area contributed by atoms with Gasteiger partial charge in [-0.1, -0.05) is 111 Å². The Balaban J connectivity index is 1.23. The lowest BCUT2D eigenvalue weighted by Crippen LogP contribution is -2.60. The average Bonchev–Trinajstić information content (AvgIpc) is 1.37.